The zero-order chi connectivity index (χ0) is 14.3. The average Bonchev–Trinajstić information content (AvgIpc) is 2.89. The number of benzene rings is 1. The van der Waals surface area contributed by atoms with Gasteiger partial charge in [0.15, 0.2) is 11.5 Å². The number of fused-ring (bicyclic) bond motifs is 1. The molecule has 2 aromatic rings. The third kappa shape index (κ3) is 2.26. The van der Waals surface area contributed by atoms with Gasteiger partial charge in [-0.25, -0.2) is 4.98 Å². The maximum absolute atomic E-state index is 13.0. The van der Waals surface area contributed by atoms with Crippen LogP contribution in [0.2, 0.25) is 0 Å². The zero-order valence-corrected chi connectivity index (χ0v) is 10.9. The highest BCUT2D eigenvalue weighted by Crippen LogP contribution is 2.42. The van der Waals surface area contributed by atoms with Crippen molar-refractivity contribution < 1.29 is 18.3 Å². The summed E-state index contributed by atoms with van der Waals surface area (Å²) in [6, 6.07) is 4.81. The Kier molecular flexibility index (Phi) is 2.77. The molecule has 0 saturated carbocycles. The summed E-state index contributed by atoms with van der Waals surface area (Å²) in [6.07, 6.45) is -0.237. The fourth-order valence-corrected chi connectivity index (χ4v) is 1.96. The maximum atomic E-state index is 13.0. The number of alkyl halides is 2. The van der Waals surface area contributed by atoms with Gasteiger partial charge in [0.1, 0.15) is 0 Å². The fourth-order valence-electron chi connectivity index (χ4n) is 1.96. The number of nitrogens with one attached hydrogen (secondary N) is 1. The van der Waals surface area contributed by atoms with Gasteiger partial charge in [-0.1, -0.05) is 0 Å². The second-order valence-electron chi connectivity index (χ2n) is 4.72. The van der Waals surface area contributed by atoms with Crippen molar-refractivity contribution in [3.8, 4) is 17.2 Å². The monoisotopic (exact) mass is 281 g/mol. The van der Waals surface area contributed by atoms with Crippen molar-refractivity contribution in [3.05, 3.63) is 30.6 Å². The van der Waals surface area contributed by atoms with E-state index < -0.39 is 6.29 Å². The number of aromatic nitrogens is 2. The number of hydrogen-bond acceptors (Lipinski definition) is 4. The summed E-state index contributed by atoms with van der Waals surface area (Å²) < 4.78 is 36.5. The van der Waals surface area contributed by atoms with Crippen LogP contribution >= 0.6 is 0 Å². The van der Waals surface area contributed by atoms with Gasteiger partial charge in [-0.05, 0) is 26.0 Å². The molecule has 5 nitrogen and oxygen atoms in total. The Morgan fingerprint density at radius 3 is 2.75 bits per heavy atom. The van der Waals surface area contributed by atoms with Crippen molar-refractivity contribution in [1.82, 2.24) is 9.55 Å². The minimum atomic E-state index is -3.60. The summed E-state index contributed by atoms with van der Waals surface area (Å²) >= 11 is 0. The third-order valence-electron chi connectivity index (χ3n) is 2.72. The van der Waals surface area contributed by atoms with E-state index in [0.717, 1.165) is 0 Å². The Morgan fingerprint density at radius 1 is 1.25 bits per heavy atom. The summed E-state index contributed by atoms with van der Waals surface area (Å²) in [7, 11) is 0. The molecule has 0 unspecified atom stereocenters. The van der Waals surface area contributed by atoms with Gasteiger partial charge in [0.25, 0.3) is 0 Å². The van der Waals surface area contributed by atoms with Crippen LogP contribution in [-0.4, -0.2) is 21.9 Å². The van der Waals surface area contributed by atoms with Crippen molar-refractivity contribution in [1.29, 1.82) is 0 Å². The first-order valence-electron chi connectivity index (χ1n) is 6.15. The van der Waals surface area contributed by atoms with E-state index >= 15 is 0 Å². The first kappa shape index (κ1) is 12.7. The summed E-state index contributed by atoms with van der Waals surface area (Å²) in [6.45, 7) is 3.97. The van der Waals surface area contributed by atoms with Gasteiger partial charge >= 0.3 is 6.29 Å². The van der Waals surface area contributed by atoms with Crippen molar-refractivity contribution >= 4 is 5.95 Å². The van der Waals surface area contributed by atoms with E-state index in [2.05, 4.69) is 19.8 Å². The van der Waals surface area contributed by atoms with Crippen LogP contribution in [0, 0.1) is 0 Å². The molecule has 1 aliphatic heterocycles. The number of imidazole rings is 1. The summed E-state index contributed by atoms with van der Waals surface area (Å²) in [5, 5.41) is 3.17. The summed E-state index contributed by atoms with van der Waals surface area (Å²) in [5.74, 6) is 0.666. The summed E-state index contributed by atoms with van der Waals surface area (Å²) in [4.78, 5) is 4.19. The molecule has 2 heterocycles. The van der Waals surface area contributed by atoms with E-state index in [9.17, 15) is 8.78 Å². The van der Waals surface area contributed by atoms with Crippen LogP contribution in [0.15, 0.2) is 30.6 Å². The molecule has 0 fully saturated rings. The normalized spacial score (nSPS) is 15.7. The lowest BCUT2D eigenvalue weighted by atomic mass is 10.3. The molecular formula is C13H13F2N3O2. The van der Waals surface area contributed by atoms with E-state index in [1.807, 2.05) is 13.8 Å². The molecule has 3 rings (SSSR count). The fraction of sp³-hybridized carbons (Fsp3) is 0.308. The molecule has 0 aliphatic carbocycles. The van der Waals surface area contributed by atoms with Crippen LogP contribution in [-0.2, 0) is 0 Å². The number of halogens is 2. The van der Waals surface area contributed by atoms with E-state index in [0.29, 0.717) is 11.6 Å². The molecule has 0 amide bonds. The molecule has 106 valence electrons. The predicted molar refractivity (Wildman–Crippen MR) is 68.5 cm³/mol. The second-order valence-corrected chi connectivity index (χ2v) is 4.72. The first-order chi connectivity index (χ1) is 9.44. The van der Waals surface area contributed by atoms with Crippen molar-refractivity contribution in [2.45, 2.75) is 26.2 Å². The van der Waals surface area contributed by atoms with Gasteiger partial charge in [-0.3, -0.25) is 4.57 Å². The molecule has 0 saturated heterocycles. The first-order valence-corrected chi connectivity index (χ1v) is 6.15. The Morgan fingerprint density at radius 2 is 2.00 bits per heavy atom. The molecule has 0 atom stereocenters. The predicted octanol–water partition coefficient (Wildman–Crippen LogP) is 3.01. The molecule has 0 radical (unpaired) electrons. The van der Waals surface area contributed by atoms with Crippen molar-refractivity contribution in [2.75, 3.05) is 5.32 Å². The molecule has 0 bridgehead atoms. The van der Waals surface area contributed by atoms with Crippen LogP contribution in [0.5, 0.6) is 11.5 Å². The molecule has 20 heavy (non-hydrogen) atoms. The highest BCUT2D eigenvalue weighted by Gasteiger charge is 2.43. The second kappa shape index (κ2) is 4.36. The smallest absolute Gasteiger partial charge is 0.395 e. The zero-order valence-electron chi connectivity index (χ0n) is 10.9. The van der Waals surface area contributed by atoms with E-state index in [-0.39, 0.29) is 17.5 Å². The quantitative estimate of drug-likeness (QED) is 0.939. The van der Waals surface area contributed by atoms with Crippen molar-refractivity contribution in [3.63, 3.8) is 0 Å². The minimum Gasteiger partial charge on any atom is -0.395 e. The molecule has 1 aromatic heterocycles. The minimum absolute atomic E-state index is 0.0108. The van der Waals surface area contributed by atoms with Gasteiger partial charge in [0.05, 0.1) is 5.69 Å². The summed E-state index contributed by atoms with van der Waals surface area (Å²) in [5.41, 5.74) is 0.658. The van der Waals surface area contributed by atoms with Gasteiger partial charge in [0, 0.05) is 24.5 Å². The topological polar surface area (TPSA) is 48.3 Å². The van der Waals surface area contributed by atoms with Crippen LogP contribution in [0.4, 0.5) is 14.7 Å². The molecule has 7 heteroatoms. The van der Waals surface area contributed by atoms with Gasteiger partial charge < -0.3 is 14.8 Å². The lowest BCUT2D eigenvalue weighted by molar-refractivity contribution is -0.286. The van der Waals surface area contributed by atoms with Crippen molar-refractivity contribution in [2.24, 2.45) is 0 Å². The number of anilines is 1. The van der Waals surface area contributed by atoms with E-state index in [1.54, 1.807) is 23.0 Å². The van der Waals surface area contributed by atoms with Crippen LogP contribution in [0.1, 0.15) is 13.8 Å². The third-order valence-corrected chi connectivity index (χ3v) is 2.72. The largest absolute Gasteiger partial charge is 0.586 e. The molecular weight excluding hydrogens is 268 g/mol. The number of nitrogens with zero attached hydrogens (tertiary/aromatic N) is 2. The maximum Gasteiger partial charge on any atom is 0.586 e. The van der Waals surface area contributed by atoms with Gasteiger partial charge in [0.2, 0.25) is 5.95 Å². The Bertz CT molecular complexity index is 640. The molecule has 1 N–H and O–H groups in total. The molecule has 1 aromatic carbocycles. The SMILES string of the molecule is CC(C)Nc1nccn1-c1ccc2c(c1)OC(F)(F)O2. The molecule has 1 aliphatic rings. The van der Waals surface area contributed by atoms with E-state index in [4.69, 9.17) is 0 Å². The number of hydrogen-bond donors (Lipinski definition) is 1. The van der Waals surface area contributed by atoms with Gasteiger partial charge in [-0.15, -0.1) is 8.78 Å². The van der Waals surface area contributed by atoms with Gasteiger partial charge in [-0.2, -0.15) is 0 Å². The highest BCUT2D eigenvalue weighted by atomic mass is 19.3. The van der Waals surface area contributed by atoms with Crippen LogP contribution in [0.3, 0.4) is 0 Å². The lowest BCUT2D eigenvalue weighted by Crippen LogP contribution is -2.25. The van der Waals surface area contributed by atoms with Crippen LogP contribution in [0.25, 0.3) is 5.69 Å². The highest BCUT2D eigenvalue weighted by molar-refractivity contribution is 5.53. The standard InChI is InChI=1S/C13H13F2N3O2/c1-8(2)17-12-16-5-6-18(12)9-3-4-10-11(7-9)20-13(14,15)19-10/h3-8H,1-2H3,(H,16,17). The number of rotatable bonds is 3. The Hall–Kier alpha value is -2.31. The Balaban J connectivity index is 1.95. The number of ether oxygens (including phenoxy) is 2. The van der Waals surface area contributed by atoms with E-state index in [1.165, 1.54) is 12.1 Å². The molecule has 0 spiro atoms. The Labute approximate surface area is 114 Å². The average molecular weight is 281 g/mol. The van der Waals surface area contributed by atoms with Crippen LogP contribution < -0.4 is 14.8 Å². The lowest BCUT2D eigenvalue weighted by Gasteiger charge is -2.12.